The summed E-state index contributed by atoms with van der Waals surface area (Å²) in [6, 6.07) is 1.18. The number of rotatable bonds is 5. The van der Waals surface area contributed by atoms with E-state index >= 15 is 0 Å². The van der Waals surface area contributed by atoms with E-state index in [1.54, 1.807) is 17.9 Å². The van der Waals surface area contributed by atoms with Gasteiger partial charge in [-0.15, -0.1) is 0 Å². The second-order valence-electron chi connectivity index (χ2n) is 9.96. The Morgan fingerprint density at radius 2 is 1.82 bits per heavy atom. The molecular formula is C23H28N5NaO4S. The van der Waals surface area contributed by atoms with Crippen LogP contribution in [-0.2, 0) is 47.7 Å². The molecule has 6 rings (SSSR count). The summed E-state index contributed by atoms with van der Waals surface area (Å²) in [6.45, 7) is 1.32. The standard InChI is InChI=1S/C23H29N5O4S.Na/c1-27-12-18(11-24-27)28(17-9-23(10-17)13-32-14-23)33(30,31)26-22(29)25-21-19-6-2-4-15(19)8-16-5-3-7-20(16)21;/h8,11-12,17H,2-7,9-10,13-14H2,1H3,(H2,25,26,29);/q;+1/p-1. The van der Waals surface area contributed by atoms with E-state index in [0.29, 0.717) is 31.7 Å². The molecule has 1 spiro atoms. The third-order valence-corrected chi connectivity index (χ3v) is 8.99. The molecule has 3 aliphatic carbocycles. The summed E-state index contributed by atoms with van der Waals surface area (Å²) in [5, 5.41) is 7.00. The summed E-state index contributed by atoms with van der Waals surface area (Å²) in [4.78, 5) is 13.0. The Labute approximate surface area is 222 Å². The largest absolute Gasteiger partial charge is 1.00 e. The van der Waals surface area contributed by atoms with Crippen molar-refractivity contribution >= 4 is 27.6 Å². The van der Waals surface area contributed by atoms with Crippen molar-refractivity contribution in [3.05, 3.63) is 45.4 Å². The van der Waals surface area contributed by atoms with Crippen LogP contribution in [0.15, 0.2) is 18.5 Å². The molecule has 2 heterocycles. The van der Waals surface area contributed by atoms with Crippen LogP contribution in [-0.4, -0.2) is 43.5 Å². The Bertz CT molecular complexity index is 1200. The van der Waals surface area contributed by atoms with E-state index in [0.717, 1.165) is 55.3 Å². The molecule has 4 aliphatic rings. The number of carbonyl (C=O) groups is 1. The minimum Gasteiger partial charge on any atom is -0.423 e. The first kappa shape index (κ1) is 24.1. The second kappa shape index (κ2) is 8.81. The first-order valence-corrected chi connectivity index (χ1v) is 13.0. The summed E-state index contributed by atoms with van der Waals surface area (Å²) in [6.07, 6.45) is 10.4. The maximum atomic E-state index is 13.4. The van der Waals surface area contributed by atoms with Gasteiger partial charge >= 0.3 is 29.6 Å². The third kappa shape index (κ3) is 4.07. The van der Waals surface area contributed by atoms with Crippen molar-refractivity contribution in [1.29, 1.82) is 0 Å². The third-order valence-electron chi connectivity index (χ3n) is 7.58. The van der Waals surface area contributed by atoms with Crippen molar-refractivity contribution in [1.82, 2.24) is 9.78 Å². The van der Waals surface area contributed by atoms with E-state index in [-0.39, 0.29) is 41.0 Å². The average molecular weight is 494 g/mol. The Morgan fingerprint density at radius 3 is 2.35 bits per heavy atom. The first-order valence-electron chi connectivity index (χ1n) is 11.6. The fourth-order valence-corrected chi connectivity index (χ4v) is 7.26. The van der Waals surface area contributed by atoms with Crippen molar-refractivity contribution in [3.8, 4) is 0 Å². The van der Waals surface area contributed by atoms with Gasteiger partial charge in [0.25, 0.3) is 10.2 Å². The van der Waals surface area contributed by atoms with Crippen LogP contribution in [0.1, 0.15) is 47.9 Å². The molecule has 1 saturated heterocycles. The normalized spacial score (nSPS) is 20.0. The molecule has 2 amide bonds. The number of amides is 2. The van der Waals surface area contributed by atoms with E-state index < -0.39 is 16.2 Å². The topological polar surface area (TPSA) is 108 Å². The molecule has 2 aromatic rings. The zero-order valence-corrected chi connectivity index (χ0v) is 22.5. The smallest absolute Gasteiger partial charge is 0.423 e. The zero-order chi connectivity index (χ0) is 22.8. The summed E-state index contributed by atoms with van der Waals surface area (Å²) >= 11 is 0. The number of benzene rings is 1. The van der Waals surface area contributed by atoms with Crippen LogP contribution in [0.4, 0.5) is 16.2 Å². The fourth-order valence-electron chi connectivity index (χ4n) is 6.03. The van der Waals surface area contributed by atoms with Crippen LogP contribution in [0.5, 0.6) is 0 Å². The molecule has 1 aliphatic heterocycles. The predicted molar refractivity (Wildman–Crippen MR) is 124 cm³/mol. The number of ether oxygens (including phenoxy) is 1. The van der Waals surface area contributed by atoms with Gasteiger partial charge in [0, 0.05) is 24.7 Å². The molecule has 176 valence electrons. The maximum absolute atomic E-state index is 13.4. The number of nitrogens with one attached hydrogen (secondary N) is 1. The minimum atomic E-state index is -4.25. The summed E-state index contributed by atoms with van der Waals surface area (Å²) in [5.41, 5.74) is 6.12. The van der Waals surface area contributed by atoms with E-state index in [2.05, 4.69) is 21.2 Å². The van der Waals surface area contributed by atoms with Crippen LogP contribution in [0, 0.1) is 5.41 Å². The predicted octanol–water partition coefficient (Wildman–Crippen LogP) is 0.238. The number of nitrogens with zero attached hydrogens (tertiary/aromatic N) is 4. The van der Waals surface area contributed by atoms with Gasteiger partial charge in [0.1, 0.15) is 0 Å². The van der Waals surface area contributed by atoms with E-state index in [1.807, 2.05) is 0 Å². The number of hydrogen-bond donors (Lipinski definition) is 1. The number of hydrogen-bond acceptors (Lipinski definition) is 5. The van der Waals surface area contributed by atoms with Crippen LogP contribution < -0.4 is 39.2 Å². The molecule has 34 heavy (non-hydrogen) atoms. The van der Waals surface area contributed by atoms with Crippen molar-refractivity contribution in [3.63, 3.8) is 0 Å². The number of urea groups is 1. The summed E-state index contributed by atoms with van der Waals surface area (Å²) < 4.78 is 38.6. The molecule has 1 aromatic heterocycles. The molecule has 11 heteroatoms. The number of anilines is 2. The molecule has 0 bridgehead atoms. The molecular weight excluding hydrogens is 465 g/mol. The number of fused-ring (bicyclic) bond motifs is 2. The molecule has 0 atom stereocenters. The van der Waals surface area contributed by atoms with Crippen molar-refractivity contribution in [2.45, 2.75) is 57.4 Å². The number of aromatic nitrogens is 2. The molecule has 1 N–H and O–H groups in total. The van der Waals surface area contributed by atoms with Gasteiger partial charge in [-0.1, -0.05) is 6.07 Å². The summed E-state index contributed by atoms with van der Waals surface area (Å²) in [5.74, 6) is 0. The van der Waals surface area contributed by atoms with Gasteiger partial charge in [-0.05, 0) is 79.3 Å². The van der Waals surface area contributed by atoms with Gasteiger partial charge < -0.3 is 14.8 Å². The zero-order valence-electron chi connectivity index (χ0n) is 19.7. The average Bonchev–Trinajstić information content (AvgIpc) is 3.42. The van der Waals surface area contributed by atoms with Crippen LogP contribution in [0.2, 0.25) is 0 Å². The van der Waals surface area contributed by atoms with Gasteiger partial charge in [0.05, 0.1) is 25.1 Å². The van der Waals surface area contributed by atoms with Gasteiger partial charge in [-0.2, -0.15) is 5.10 Å². The number of aryl methyl sites for hydroxylation is 3. The van der Waals surface area contributed by atoms with Crippen LogP contribution in [0.25, 0.3) is 4.72 Å². The minimum absolute atomic E-state index is 0. The number of carbonyl (C=O) groups excluding carboxylic acids is 1. The molecule has 2 fully saturated rings. The van der Waals surface area contributed by atoms with Crippen molar-refractivity contribution in [2.24, 2.45) is 12.5 Å². The SMILES string of the molecule is Cn1cc(N(C2CC3(COC3)C2)S(=O)(=O)[N-]C(=O)Nc2c3c(cc4c2CCC4)CCC3)cn1.[Na+]. The first-order chi connectivity index (χ1) is 15.8. The van der Waals surface area contributed by atoms with Crippen molar-refractivity contribution in [2.75, 3.05) is 22.8 Å². The molecule has 0 unspecified atom stereocenters. The van der Waals surface area contributed by atoms with E-state index in [4.69, 9.17) is 4.74 Å². The molecule has 1 saturated carbocycles. The molecule has 1 aromatic carbocycles. The molecule has 9 nitrogen and oxygen atoms in total. The van der Waals surface area contributed by atoms with Gasteiger partial charge in [0.15, 0.2) is 6.03 Å². The van der Waals surface area contributed by atoms with Gasteiger partial charge in [-0.25, -0.2) is 8.42 Å². The Balaban J connectivity index is 0.00000241. The molecule has 0 radical (unpaired) electrons. The van der Waals surface area contributed by atoms with E-state index in [9.17, 15) is 13.2 Å². The Hall–Kier alpha value is -1.59. The Morgan fingerprint density at radius 1 is 1.18 bits per heavy atom. The monoisotopic (exact) mass is 493 g/mol. The summed E-state index contributed by atoms with van der Waals surface area (Å²) in [7, 11) is -2.52. The van der Waals surface area contributed by atoms with Crippen LogP contribution in [0.3, 0.4) is 0 Å². The Kier molecular flexibility index (Phi) is 6.25. The van der Waals surface area contributed by atoms with Crippen molar-refractivity contribution < 1.29 is 47.5 Å². The van der Waals surface area contributed by atoms with E-state index in [1.165, 1.54) is 21.6 Å². The quantitative estimate of drug-likeness (QED) is 0.601. The van der Waals surface area contributed by atoms with Gasteiger partial charge in [-0.3, -0.25) is 13.8 Å². The fraction of sp³-hybridized carbons (Fsp3) is 0.565. The van der Waals surface area contributed by atoms with Gasteiger partial charge in [0.2, 0.25) is 0 Å². The maximum Gasteiger partial charge on any atom is 1.00 e. The van der Waals surface area contributed by atoms with Crippen LogP contribution >= 0.6 is 0 Å². The second-order valence-corrected chi connectivity index (χ2v) is 11.4.